The van der Waals surface area contributed by atoms with E-state index in [9.17, 15) is 0 Å². The zero-order valence-electron chi connectivity index (χ0n) is 11.4. The van der Waals surface area contributed by atoms with E-state index in [-0.39, 0.29) is 0 Å². The van der Waals surface area contributed by atoms with Crippen LogP contribution in [0.1, 0.15) is 28.3 Å². The first kappa shape index (κ1) is 13.9. The Morgan fingerprint density at radius 3 is 3.00 bits per heavy atom. The summed E-state index contributed by atoms with van der Waals surface area (Å²) in [6.45, 7) is 3.37. The number of nitrogens with zero attached hydrogens (tertiary/aromatic N) is 1. The Balaban J connectivity index is 1.66. The molecule has 106 valence electrons. The second-order valence-corrected chi connectivity index (χ2v) is 6.80. The summed E-state index contributed by atoms with van der Waals surface area (Å²) < 4.78 is 5.92. The molecule has 1 aliphatic carbocycles. The first-order valence-electron chi connectivity index (χ1n) is 6.76. The number of nitrogens with one attached hydrogen (secondary N) is 1. The van der Waals surface area contributed by atoms with Crippen LogP contribution in [0.25, 0.3) is 0 Å². The average Bonchev–Trinajstić information content (AvgIpc) is 3.17. The van der Waals surface area contributed by atoms with Crippen LogP contribution in [-0.2, 0) is 13.2 Å². The number of hydrogen-bond donors (Lipinski definition) is 1. The Hall–Kier alpha value is -1.10. The summed E-state index contributed by atoms with van der Waals surface area (Å²) in [6, 6.07) is 6.46. The molecule has 5 heteroatoms. The zero-order chi connectivity index (χ0) is 13.9. The van der Waals surface area contributed by atoms with Crippen molar-refractivity contribution in [2.45, 2.75) is 39.0 Å². The Bertz CT molecular complexity index is 595. The molecule has 3 rings (SSSR count). The van der Waals surface area contributed by atoms with E-state index in [1.807, 2.05) is 31.3 Å². The van der Waals surface area contributed by atoms with Crippen LogP contribution >= 0.6 is 22.9 Å². The zero-order valence-corrected chi connectivity index (χ0v) is 12.9. The average molecular weight is 309 g/mol. The molecule has 1 aromatic carbocycles. The molecule has 1 fully saturated rings. The minimum Gasteiger partial charge on any atom is -0.488 e. The molecule has 0 saturated heterocycles. The van der Waals surface area contributed by atoms with Gasteiger partial charge in [0, 0.05) is 29.4 Å². The van der Waals surface area contributed by atoms with Gasteiger partial charge in [-0.1, -0.05) is 11.6 Å². The summed E-state index contributed by atoms with van der Waals surface area (Å²) in [7, 11) is 0. The number of rotatable bonds is 6. The fraction of sp³-hybridized carbons (Fsp3) is 0.400. The molecule has 20 heavy (non-hydrogen) atoms. The van der Waals surface area contributed by atoms with Crippen LogP contribution < -0.4 is 10.1 Å². The smallest absolute Gasteiger partial charge is 0.124 e. The van der Waals surface area contributed by atoms with Crippen LogP contribution in [0.5, 0.6) is 5.75 Å². The molecule has 2 aromatic rings. The van der Waals surface area contributed by atoms with Crippen LogP contribution in [0.2, 0.25) is 5.02 Å². The van der Waals surface area contributed by atoms with E-state index in [1.54, 1.807) is 11.3 Å². The summed E-state index contributed by atoms with van der Waals surface area (Å²) >= 11 is 7.74. The highest BCUT2D eigenvalue weighted by atomic mass is 35.5. The second-order valence-electron chi connectivity index (χ2n) is 5.04. The Kier molecular flexibility index (Phi) is 4.24. The van der Waals surface area contributed by atoms with E-state index in [0.29, 0.717) is 12.6 Å². The number of benzene rings is 1. The van der Waals surface area contributed by atoms with Crippen LogP contribution in [0.4, 0.5) is 0 Å². The maximum Gasteiger partial charge on any atom is 0.124 e. The molecular formula is C15H17ClN2OS. The van der Waals surface area contributed by atoms with Crippen molar-refractivity contribution < 1.29 is 4.74 Å². The van der Waals surface area contributed by atoms with Crippen molar-refractivity contribution in [1.29, 1.82) is 0 Å². The third-order valence-corrected chi connectivity index (χ3v) is 4.34. The van der Waals surface area contributed by atoms with Crippen molar-refractivity contribution in [2.24, 2.45) is 0 Å². The van der Waals surface area contributed by atoms with Gasteiger partial charge in [0.25, 0.3) is 0 Å². The van der Waals surface area contributed by atoms with Gasteiger partial charge in [0.2, 0.25) is 0 Å². The molecule has 1 aliphatic rings. The van der Waals surface area contributed by atoms with Gasteiger partial charge in [-0.3, -0.25) is 0 Å². The minimum absolute atomic E-state index is 0.559. The minimum atomic E-state index is 0.559. The second kappa shape index (κ2) is 6.12. The highest BCUT2D eigenvalue weighted by Gasteiger charge is 2.20. The van der Waals surface area contributed by atoms with E-state index in [2.05, 4.69) is 10.3 Å². The summed E-state index contributed by atoms with van der Waals surface area (Å²) in [5.74, 6) is 0.897. The van der Waals surface area contributed by atoms with Crippen molar-refractivity contribution in [3.63, 3.8) is 0 Å². The fourth-order valence-corrected chi connectivity index (χ4v) is 2.89. The number of thiazole rings is 1. The lowest BCUT2D eigenvalue weighted by atomic mass is 10.2. The summed E-state index contributed by atoms with van der Waals surface area (Å²) in [5.41, 5.74) is 1.12. The monoisotopic (exact) mass is 308 g/mol. The van der Waals surface area contributed by atoms with Gasteiger partial charge in [-0.15, -0.1) is 11.3 Å². The molecule has 1 aromatic heterocycles. The summed E-state index contributed by atoms with van der Waals surface area (Å²) in [4.78, 5) is 5.38. The molecule has 0 bridgehead atoms. The van der Waals surface area contributed by atoms with Crippen molar-refractivity contribution in [1.82, 2.24) is 10.3 Å². The Labute approximate surface area is 127 Å². The van der Waals surface area contributed by atoms with E-state index >= 15 is 0 Å². The van der Waals surface area contributed by atoms with Crippen LogP contribution in [0, 0.1) is 6.92 Å². The molecule has 1 N–H and O–H groups in total. The number of ether oxygens (including phenoxy) is 1. The van der Waals surface area contributed by atoms with Crippen molar-refractivity contribution >= 4 is 22.9 Å². The SMILES string of the molecule is Cc1ncc(COc2ccc(Cl)cc2CNC2CC2)s1. The number of aryl methyl sites for hydroxylation is 1. The molecule has 0 aliphatic heterocycles. The molecule has 1 heterocycles. The quantitative estimate of drug-likeness (QED) is 0.878. The van der Waals surface area contributed by atoms with E-state index in [4.69, 9.17) is 16.3 Å². The highest BCUT2D eigenvalue weighted by molar-refractivity contribution is 7.11. The third kappa shape index (κ3) is 3.72. The van der Waals surface area contributed by atoms with Crippen molar-refractivity contribution in [3.8, 4) is 5.75 Å². The van der Waals surface area contributed by atoms with E-state index in [0.717, 1.165) is 32.8 Å². The Morgan fingerprint density at radius 1 is 1.45 bits per heavy atom. The van der Waals surface area contributed by atoms with Crippen LogP contribution in [0.3, 0.4) is 0 Å². The van der Waals surface area contributed by atoms with Gasteiger partial charge in [0.05, 0.1) is 9.88 Å². The standard InChI is InChI=1S/C15H17ClN2OS/c1-10-17-8-14(20-10)9-19-15-5-2-12(16)6-11(15)7-18-13-3-4-13/h2,5-6,8,13,18H,3-4,7,9H2,1H3. The topological polar surface area (TPSA) is 34.1 Å². The Morgan fingerprint density at radius 2 is 2.30 bits per heavy atom. The largest absolute Gasteiger partial charge is 0.488 e. The molecule has 0 spiro atoms. The number of halogens is 1. The lowest BCUT2D eigenvalue weighted by Crippen LogP contribution is -2.16. The lowest BCUT2D eigenvalue weighted by molar-refractivity contribution is 0.305. The van der Waals surface area contributed by atoms with Gasteiger partial charge in [-0.05, 0) is 38.0 Å². The van der Waals surface area contributed by atoms with Gasteiger partial charge in [0.15, 0.2) is 0 Å². The van der Waals surface area contributed by atoms with Crippen molar-refractivity contribution in [2.75, 3.05) is 0 Å². The molecule has 1 saturated carbocycles. The van der Waals surface area contributed by atoms with Crippen LogP contribution in [-0.4, -0.2) is 11.0 Å². The number of aromatic nitrogens is 1. The fourth-order valence-electron chi connectivity index (χ4n) is 1.99. The predicted octanol–water partition coefficient (Wildman–Crippen LogP) is 3.94. The first-order chi connectivity index (χ1) is 9.70. The number of hydrogen-bond acceptors (Lipinski definition) is 4. The lowest BCUT2D eigenvalue weighted by Gasteiger charge is -2.12. The van der Waals surface area contributed by atoms with E-state index < -0.39 is 0 Å². The third-order valence-electron chi connectivity index (χ3n) is 3.22. The van der Waals surface area contributed by atoms with Gasteiger partial charge in [-0.2, -0.15) is 0 Å². The highest BCUT2D eigenvalue weighted by Crippen LogP contribution is 2.26. The van der Waals surface area contributed by atoms with E-state index in [1.165, 1.54) is 12.8 Å². The molecule has 0 radical (unpaired) electrons. The maximum absolute atomic E-state index is 6.08. The molecular weight excluding hydrogens is 292 g/mol. The van der Waals surface area contributed by atoms with Crippen molar-refractivity contribution in [3.05, 3.63) is 44.9 Å². The summed E-state index contributed by atoms with van der Waals surface area (Å²) in [6.07, 6.45) is 4.42. The predicted molar refractivity (Wildman–Crippen MR) is 82.5 cm³/mol. The summed E-state index contributed by atoms with van der Waals surface area (Å²) in [5, 5.41) is 5.31. The first-order valence-corrected chi connectivity index (χ1v) is 7.96. The molecule has 3 nitrogen and oxygen atoms in total. The molecule has 0 atom stereocenters. The maximum atomic E-state index is 6.08. The van der Waals surface area contributed by atoms with Gasteiger partial charge >= 0.3 is 0 Å². The molecule has 0 unspecified atom stereocenters. The van der Waals surface area contributed by atoms with Gasteiger partial charge in [-0.25, -0.2) is 4.98 Å². The molecule has 0 amide bonds. The van der Waals surface area contributed by atoms with Gasteiger partial charge < -0.3 is 10.1 Å². The normalized spacial score (nSPS) is 14.5. The van der Waals surface area contributed by atoms with Crippen LogP contribution in [0.15, 0.2) is 24.4 Å². The van der Waals surface area contributed by atoms with Gasteiger partial charge in [0.1, 0.15) is 12.4 Å².